The number of rotatable bonds is 7. The van der Waals surface area contributed by atoms with E-state index in [2.05, 4.69) is 45.9 Å². The number of aromatic nitrogens is 3. The quantitative estimate of drug-likeness (QED) is 0.181. The Morgan fingerprint density at radius 2 is 1.71 bits per heavy atom. The molecule has 0 atom stereocenters. The van der Waals surface area contributed by atoms with Crippen LogP contribution in [0.15, 0.2) is 72.9 Å². The first-order valence-corrected chi connectivity index (χ1v) is 17.7. The minimum atomic E-state index is -1.11. The van der Waals surface area contributed by atoms with Gasteiger partial charge in [-0.1, -0.05) is 56.4 Å². The molecule has 0 saturated carbocycles. The lowest BCUT2D eigenvalue weighted by atomic mass is 9.92. The zero-order chi connectivity index (χ0) is 34.1. The van der Waals surface area contributed by atoms with Crippen molar-refractivity contribution in [2.24, 2.45) is 5.41 Å². The Hall–Kier alpha value is -4.87. The summed E-state index contributed by atoms with van der Waals surface area (Å²) in [4.78, 5) is 46.4. The van der Waals surface area contributed by atoms with Gasteiger partial charge < -0.3 is 10.0 Å². The van der Waals surface area contributed by atoms with Crippen LogP contribution in [0.2, 0.25) is 0 Å². The predicted octanol–water partition coefficient (Wildman–Crippen LogP) is 7.66. The number of carbonyl (C=O) groups is 2. The number of benzene rings is 2. The normalized spacial score (nSPS) is 15.3. The van der Waals surface area contributed by atoms with E-state index < -0.39 is 5.97 Å². The van der Waals surface area contributed by atoms with Gasteiger partial charge in [-0.3, -0.25) is 15.1 Å². The van der Waals surface area contributed by atoms with Crippen LogP contribution in [0.3, 0.4) is 0 Å². The molecule has 10 nitrogen and oxygen atoms in total. The molecule has 7 rings (SSSR count). The zero-order valence-electron chi connectivity index (χ0n) is 28.1. The van der Waals surface area contributed by atoms with Crippen molar-refractivity contribution in [2.75, 3.05) is 54.4 Å². The molecule has 0 spiro atoms. The third-order valence-electron chi connectivity index (χ3n) is 9.28. The number of thiazole rings is 1. The molecule has 5 heterocycles. The Bertz CT molecular complexity index is 1960. The van der Waals surface area contributed by atoms with E-state index in [1.807, 2.05) is 60.7 Å². The molecular weight excluding hydrogens is 635 g/mol. The van der Waals surface area contributed by atoms with Crippen molar-refractivity contribution in [1.29, 1.82) is 0 Å². The second-order valence-corrected chi connectivity index (χ2v) is 15.0. The van der Waals surface area contributed by atoms with Crippen molar-refractivity contribution in [3.8, 4) is 22.4 Å². The molecule has 0 unspecified atom stereocenters. The van der Waals surface area contributed by atoms with Crippen LogP contribution in [0, 0.1) is 5.41 Å². The Balaban J connectivity index is 1.08. The van der Waals surface area contributed by atoms with Crippen LogP contribution in [0.1, 0.15) is 49.7 Å². The lowest BCUT2D eigenvalue weighted by Crippen LogP contribution is -2.47. The van der Waals surface area contributed by atoms with Gasteiger partial charge in [0.1, 0.15) is 5.82 Å². The van der Waals surface area contributed by atoms with Crippen LogP contribution in [-0.4, -0.2) is 76.2 Å². The molecule has 2 aromatic carbocycles. The third kappa shape index (κ3) is 7.28. The summed E-state index contributed by atoms with van der Waals surface area (Å²) in [5.74, 6) is -0.214. The number of hydrogen-bond donors (Lipinski definition) is 2. The second kappa shape index (κ2) is 13.6. The molecule has 5 aromatic rings. The molecule has 3 aromatic heterocycles. The van der Waals surface area contributed by atoms with Crippen LogP contribution >= 0.6 is 11.3 Å². The van der Waals surface area contributed by atoms with E-state index in [-0.39, 0.29) is 11.7 Å². The number of anilines is 3. The number of piperazine rings is 1. The average molecular weight is 676 g/mol. The fraction of sp³-hybridized carbons (Fsp3) is 0.342. The molecule has 0 radical (unpaired) electrons. The van der Waals surface area contributed by atoms with Gasteiger partial charge in [0, 0.05) is 61.3 Å². The summed E-state index contributed by atoms with van der Waals surface area (Å²) in [6, 6.07) is 21.0. The fourth-order valence-electron chi connectivity index (χ4n) is 6.47. The van der Waals surface area contributed by atoms with Gasteiger partial charge in [0.15, 0.2) is 10.8 Å². The standard InChI is InChI=1S/C38H41N7O3S/c1-38(2,3)16-18-43-19-21-44(22-20-43)33-15-12-27(24-39-33)28-13-14-29(40-34(28)35(46)47)26-11-10-25-7-6-17-45(31(25)23-26)37(48)42-36-41-30-8-4-5-9-32(30)49-36/h4-5,8-15,23-24H,6-7,16-22H2,1-3H3,(H,46,47)(H,41,42,48). The number of aryl methyl sites for hydroxylation is 1. The highest BCUT2D eigenvalue weighted by molar-refractivity contribution is 7.22. The van der Waals surface area contributed by atoms with Crippen molar-refractivity contribution in [3.63, 3.8) is 0 Å². The van der Waals surface area contributed by atoms with Gasteiger partial charge in [-0.25, -0.2) is 24.5 Å². The highest BCUT2D eigenvalue weighted by Gasteiger charge is 2.25. The minimum Gasteiger partial charge on any atom is -0.476 e. The van der Waals surface area contributed by atoms with Gasteiger partial charge in [0.05, 0.1) is 15.9 Å². The van der Waals surface area contributed by atoms with Crippen LogP contribution < -0.4 is 15.1 Å². The SMILES string of the molecule is CC(C)(C)CCN1CCN(c2ccc(-c3ccc(-c4ccc5c(c4)N(C(=O)Nc4nc6ccccc6s4)CCC5)nc3C(=O)O)cn2)CC1. The first kappa shape index (κ1) is 32.7. The van der Waals surface area contributed by atoms with Crippen molar-refractivity contribution in [3.05, 3.63) is 84.2 Å². The largest absolute Gasteiger partial charge is 0.476 e. The summed E-state index contributed by atoms with van der Waals surface area (Å²) in [6.07, 6.45) is 4.61. The number of aromatic carboxylic acids is 1. The third-order valence-corrected chi connectivity index (χ3v) is 10.2. The molecule has 2 aliphatic rings. The zero-order valence-corrected chi connectivity index (χ0v) is 29.0. The lowest BCUT2D eigenvalue weighted by Gasteiger charge is -2.36. The first-order chi connectivity index (χ1) is 23.6. The summed E-state index contributed by atoms with van der Waals surface area (Å²) < 4.78 is 1.01. The Kier molecular flexibility index (Phi) is 9.04. The maximum Gasteiger partial charge on any atom is 0.355 e. The number of pyridine rings is 2. The second-order valence-electron chi connectivity index (χ2n) is 14.0. The molecular formula is C38H41N7O3S. The molecule has 0 bridgehead atoms. The number of urea groups is 1. The van der Waals surface area contributed by atoms with E-state index in [0.717, 1.165) is 78.4 Å². The Morgan fingerprint density at radius 3 is 2.45 bits per heavy atom. The topological polar surface area (TPSA) is 115 Å². The van der Waals surface area contributed by atoms with E-state index in [9.17, 15) is 14.7 Å². The highest BCUT2D eigenvalue weighted by atomic mass is 32.1. The summed E-state index contributed by atoms with van der Waals surface area (Å²) in [6.45, 7) is 12.3. The number of carboxylic acids is 1. The predicted molar refractivity (Wildman–Crippen MR) is 197 cm³/mol. The van der Waals surface area contributed by atoms with Crippen LogP contribution in [0.25, 0.3) is 32.6 Å². The smallest absolute Gasteiger partial charge is 0.355 e. The number of amides is 2. The van der Waals surface area contributed by atoms with Gasteiger partial charge in [-0.2, -0.15) is 0 Å². The summed E-state index contributed by atoms with van der Waals surface area (Å²) in [5.41, 5.74) is 5.46. The minimum absolute atomic E-state index is 0.0392. The van der Waals surface area contributed by atoms with Crippen molar-refractivity contribution in [2.45, 2.75) is 40.0 Å². The Morgan fingerprint density at radius 1 is 0.918 bits per heavy atom. The molecule has 252 valence electrons. The maximum absolute atomic E-state index is 13.5. The number of nitrogens with one attached hydrogen (secondary N) is 1. The molecule has 2 amide bonds. The summed E-state index contributed by atoms with van der Waals surface area (Å²) in [7, 11) is 0. The Labute approximate surface area is 290 Å². The maximum atomic E-state index is 13.5. The van der Waals surface area contributed by atoms with Gasteiger partial charge in [0.25, 0.3) is 0 Å². The van der Waals surface area contributed by atoms with E-state index in [4.69, 9.17) is 4.98 Å². The molecule has 0 aliphatic carbocycles. The van der Waals surface area contributed by atoms with Gasteiger partial charge >= 0.3 is 12.0 Å². The van der Waals surface area contributed by atoms with E-state index in [1.54, 1.807) is 17.2 Å². The van der Waals surface area contributed by atoms with Crippen LogP contribution in [0.4, 0.5) is 21.4 Å². The number of carboxylic acid groups (broad SMARTS) is 1. The number of carbonyl (C=O) groups excluding carboxylic acids is 1. The molecule has 2 aliphatic heterocycles. The molecule has 49 heavy (non-hydrogen) atoms. The average Bonchev–Trinajstić information content (AvgIpc) is 3.52. The van der Waals surface area contributed by atoms with Gasteiger partial charge in [-0.05, 0) is 79.3 Å². The monoisotopic (exact) mass is 675 g/mol. The van der Waals surface area contributed by atoms with Crippen molar-refractivity contribution < 1.29 is 14.7 Å². The fourth-order valence-corrected chi connectivity index (χ4v) is 7.33. The van der Waals surface area contributed by atoms with Gasteiger partial charge in [0.2, 0.25) is 0 Å². The molecule has 1 fully saturated rings. The van der Waals surface area contributed by atoms with Crippen molar-refractivity contribution in [1.82, 2.24) is 19.9 Å². The number of para-hydroxylation sites is 1. The van der Waals surface area contributed by atoms with Crippen LogP contribution in [0.5, 0.6) is 0 Å². The van der Waals surface area contributed by atoms with E-state index in [1.165, 1.54) is 17.8 Å². The first-order valence-electron chi connectivity index (χ1n) is 16.9. The van der Waals surface area contributed by atoms with E-state index >= 15 is 0 Å². The van der Waals surface area contributed by atoms with Gasteiger partial charge in [-0.15, -0.1) is 0 Å². The van der Waals surface area contributed by atoms with Crippen LogP contribution in [-0.2, 0) is 6.42 Å². The number of nitrogens with zero attached hydrogens (tertiary/aromatic N) is 6. The number of fused-ring (bicyclic) bond motifs is 2. The summed E-state index contributed by atoms with van der Waals surface area (Å²) >= 11 is 1.44. The lowest BCUT2D eigenvalue weighted by molar-refractivity contribution is 0.0691. The highest BCUT2D eigenvalue weighted by Crippen LogP contribution is 2.34. The molecule has 2 N–H and O–H groups in total. The van der Waals surface area contributed by atoms with Crippen molar-refractivity contribution >= 4 is 50.2 Å². The number of hydrogen-bond acceptors (Lipinski definition) is 8. The van der Waals surface area contributed by atoms with E-state index in [0.29, 0.717) is 33.9 Å². The molecule has 1 saturated heterocycles. The summed E-state index contributed by atoms with van der Waals surface area (Å²) in [5, 5.41) is 13.7. The molecule has 11 heteroatoms.